The van der Waals surface area contributed by atoms with Crippen molar-refractivity contribution in [3.05, 3.63) is 65.4 Å². The number of carbonyl (C=O) groups is 2. The smallest absolute Gasteiger partial charge is 0.274 e. The van der Waals surface area contributed by atoms with Crippen molar-refractivity contribution in [3.8, 4) is 0 Å². The maximum atomic E-state index is 13.8. The van der Waals surface area contributed by atoms with Gasteiger partial charge in [0.15, 0.2) is 0 Å². The Morgan fingerprint density at radius 2 is 2.04 bits per heavy atom. The highest BCUT2D eigenvalue weighted by Gasteiger charge is 2.15. The number of hydrogen-bond donors (Lipinski definition) is 2. The van der Waals surface area contributed by atoms with Crippen molar-refractivity contribution >= 4 is 23.1 Å². The maximum Gasteiger partial charge on any atom is 0.274 e. The average molecular weight is 312 g/mol. The van der Waals surface area contributed by atoms with Gasteiger partial charge in [-0.2, -0.15) is 0 Å². The second kappa shape index (κ2) is 5.53. The fraction of sp³-hybridized carbons (Fsp3) is 0.0625. The molecule has 0 aliphatic heterocycles. The Morgan fingerprint density at radius 3 is 2.78 bits per heavy atom. The minimum Gasteiger partial charge on any atom is -0.366 e. The Kier molecular flexibility index (Phi) is 3.53. The number of fused-ring (bicyclic) bond motifs is 1. The number of benzene rings is 1. The van der Waals surface area contributed by atoms with E-state index in [1.54, 1.807) is 10.6 Å². The molecule has 0 saturated heterocycles. The van der Waals surface area contributed by atoms with E-state index in [-0.39, 0.29) is 16.9 Å². The van der Waals surface area contributed by atoms with E-state index >= 15 is 0 Å². The molecule has 3 aromatic rings. The number of carbonyl (C=O) groups excluding carboxylic acids is 2. The molecule has 0 aliphatic rings. The predicted octanol–water partition coefficient (Wildman–Crippen LogP) is 2.13. The van der Waals surface area contributed by atoms with Crippen LogP contribution in [0.25, 0.3) is 5.65 Å². The molecule has 3 rings (SSSR count). The van der Waals surface area contributed by atoms with E-state index in [0.29, 0.717) is 5.65 Å². The highest BCUT2D eigenvalue weighted by atomic mass is 19.1. The van der Waals surface area contributed by atoms with E-state index in [1.165, 1.54) is 18.3 Å². The van der Waals surface area contributed by atoms with Gasteiger partial charge in [0.1, 0.15) is 17.2 Å². The summed E-state index contributed by atoms with van der Waals surface area (Å²) in [6.45, 7) is 1.92. The summed E-state index contributed by atoms with van der Waals surface area (Å²) in [7, 11) is 0. The van der Waals surface area contributed by atoms with Gasteiger partial charge in [-0.15, -0.1) is 0 Å². The molecule has 2 heterocycles. The lowest BCUT2D eigenvalue weighted by atomic mass is 10.2. The van der Waals surface area contributed by atoms with Crippen molar-refractivity contribution in [2.24, 2.45) is 5.73 Å². The number of pyridine rings is 1. The molecule has 2 aromatic heterocycles. The number of nitrogens with one attached hydrogen (secondary N) is 1. The normalized spacial score (nSPS) is 10.7. The average Bonchev–Trinajstić information content (AvgIpc) is 2.92. The van der Waals surface area contributed by atoms with Crippen molar-refractivity contribution < 1.29 is 14.0 Å². The van der Waals surface area contributed by atoms with Crippen LogP contribution in [0.4, 0.5) is 10.1 Å². The number of rotatable bonds is 3. The van der Waals surface area contributed by atoms with Gasteiger partial charge in [-0.25, -0.2) is 9.37 Å². The Labute approximate surface area is 130 Å². The number of anilines is 1. The molecule has 0 saturated carbocycles. The van der Waals surface area contributed by atoms with Crippen LogP contribution in [0.15, 0.2) is 42.7 Å². The first-order chi connectivity index (χ1) is 11.0. The predicted molar refractivity (Wildman–Crippen MR) is 82.8 cm³/mol. The van der Waals surface area contributed by atoms with E-state index in [1.807, 2.05) is 19.1 Å². The largest absolute Gasteiger partial charge is 0.366 e. The number of halogens is 1. The monoisotopic (exact) mass is 312 g/mol. The first-order valence-electron chi connectivity index (χ1n) is 6.80. The minimum absolute atomic E-state index is 0.107. The van der Waals surface area contributed by atoms with E-state index < -0.39 is 17.6 Å². The molecule has 7 heteroatoms. The second-order valence-electron chi connectivity index (χ2n) is 5.09. The third kappa shape index (κ3) is 2.76. The van der Waals surface area contributed by atoms with Crippen molar-refractivity contribution in [1.29, 1.82) is 0 Å². The number of aryl methyl sites for hydroxylation is 1. The lowest BCUT2D eigenvalue weighted by Crippen LogP contribution is -2.17. The van der Waals surface area contributed by atoms with Crippen LogP contribution in [0.1, 0.15) is 26.4 Å². The van der Waals surface area contributed by atoms with Crippen LogP contribution in [0, 0.1) is 12.7 Å². The number of nitrogens with zero attached hydrogens (tertiary/aromatic N) is 2. The first-order valence-corrected chi connectivity index (χ1v) is 6.80. The van der Waals surface area contributed by atoms with Crippen LogP contribution >= 0.6 is 0 Å². The van der Waals surface area contributed by atoms with E-state index in [9.17, 15) is 14.0 Å². The highest BCUT2D eigenvalue weighted by Crippen LogP contribution is 2.18. The summed E-state index contributed by atoms with van der Waals surface area (Å²) in [5, 5.41) is 2.43. The number of hydrogen-bond acceptors (Lipinski definition) is 3. The maximum absolute atomic E-state index is 13.8. The van der Waals surface area contributed by atoms with Crippen LogP contribution in [0.2, 0.25) is 0 Å². The number of primary amides is 1. The van der Waals surface area contributed by atoms with Gasteiger partial charge in [-0.05, 0) is 42.8 Å². The molecule has 6 nitrogen and oxygen atoms in total. The van der Waals surface area contributed by atoms with Crippen molar-refractivity contribution in [3.63, 3.8) is 0 Å². The third-order valence-corrected chi connectivity index (χ3v) is 3.40. The van der Waals surface area contributed by atoms with Gasteiger partial charge in [0, 0.05) is 11.8 Å². The van der Waals surface area contributed by atoms with E-state index in [2.05, 4.69) is 10.3 Å². The summed E-state index contributed by atoms with van der Waals surface area (Å²) < 4.78 is 15.4. The molecular formula is C16H13FN4O2. The molecule has 3 N–H and O–H groups in total. The zero-order chi connectivity index (χ0) is 16.6. The molecule has 116 valence electrons. The highest BCUT2D eigenvalue weighted by molar-refractivity contribution is 6.04. The number of amides is 2. The Balaban J connectivity index is 1.95. The number of aromatic nitrogens is 2. The summed E-state index contributed by atoms with van der Waals surface area (Å²) >= 11 is 0. The quantitative estimate of drug-likeness (QED) is 0.776. The number of imidazole rings is 1. The minimum atomic E-state index is -0.703. The molecule has 0 aliphatic carbocycles. The Hall–Kier alpha value is -3.22. The van der Waals surface area contributed by atoms with Crippen molar-refractivity contribution in [2.75, 3.05) is 5.32 Å². The summed E-state index contributed by atoms with van der Waals surface area (Å²) in [6.07, 6.45) is 3.11. The molecular weight excluding hydrogens is 299 g/mol. The van der Waals surface area contributed by atoms with Gasteiger partial charge in [0.25, 0.3) is 5.91 Å². The van der Waals surface area contributed by atoms with Gasteiger partial charge in [0.05, 0.1) is 11.9 Å². The molecule has 23 heavy (non-hydrogen) atoms. The molecule has 0 fully saturated rings. The van der Waals surface area contributed by atoms with Crippen molar-refractivity contribution in [1.82, 2.24) is 9.38 Å². The summed E-state index contributed by atoms with van der Waals surface area (Å²) in [4.78, 5) is 27.7. The summed E-state index contributed by atoms with van der Waals surface area (Å²) in [5.41, 5.74) is 7.02. The van der Waals surface area contributed by atoms with Crippen LogP contribution in [-0.2, 0) is 0 Å². The fourth-order valence-corrected chi connectivity index (χ4v) is 2.21. The molecule has 0 radical (unpaired) electrons. The molecule has 0 unspecified atom stereocenters. The van der Waals surface area contributed by atoms with Crippen molar-refractivity contribution in [2.45, 2.75) is 6.92 Å². The van der Waals surface area contributed by atoms with Gasteiger partial charge < -0.3 is 11.1 Å². The lowest BCUT2D eigenvalue weighted by Gasteiger charge is -2.07. The standard InChI is InChI=1S/C16H13FN4O2/c1-9-4-5-21-13(8-19-14(21)6-9)16(23)20-12-7-10(15(18)22)2-3-11(12)17/h2-8H,1H3,(H2,18,22)(H,20,23). The Bertz CT molecular complexity index is 933. The molecule has 0 bridgehead atoms. The summed E-state index contributed by atoms with van der Waals surface area (Å²) in [6, 6.07) is 7.19. The van der Waals surface area contributed by atoms with Crippen LogP contribution < -0.4 is 11.1 Å². The fourth-order valence-electron chi connectivity index (χ4n) is 2.21. The SMILES string of the molecule is Cc1ccn2c(C(=O)Nc3cc(C(N)=O)ccc3F)cnc2c1. The van der Waals surface area contributed by atoms with E-state index in [0.717, 1.165) is 11.6 Å². The second-order valence-corrected chi connectivity index (χ2v) is 5.09. The van der Waals surface area contributed by atoms with E-state index in [4.69, 9.17) is 5.73 Å². The zero-order valence-corrected chi connectivity index (χ0v) is 12.2. The molecule has 1 aromatic carbocycles. The topological polar surface area (TPSA) is 89.5 Å². The van der Waals surface area contributed by atoms with Gasteiger partial charge >= 0.3 is 0 Å². The Morgan fingerprint density at radius 1 is 1.26 bits per heavy atom. The van der Waals surface area contributed by atoms with Crippen LogP contribution in [0.5, 0.6) is 0 Å². The molecule has 2 amide bonds. The van der Waals surface area contributed by atoms with Crippen LogP contribution in [-0.4, -0.2) is 21.2 Å². The summed E-state index contributed by atoms with van der Waals surface area (Å²) in [5.74, 6) is -1.90. The molecule has 0 spiro atoms. The van der Waals surface area contributed by atoms with Gasteiger partial charge in [0.2, 0.25) is 5.91 Å². The zero-order valence-electron chi connectivity index (χ0n) is 12.2. The lowest BCUT2D eigenvalue weighted by molar-refractivity contribution is 0.0995. The third-order valence-electron chi connectivity index (χ3n) is 3.40. The molecule has 0 atom stereocenters. The van der Waals surface area contributed by atoms with Gasteiger partial charge in [-0.3, -0.25) is 14.0 Å². The first kappa shape index (κ1) is 14.7. The number of nitrogens with two attached hydrogens (primary N) is 1. The van der Waals surface area contributed by atoms with Crippen LogP contribution in [0.3, 0.4) is 0 Å². The van der Waals surface area contributed by atoms with Gasteiger partial charge in [-0.1, -0.05) is 0 Å².